The van der Waals surface area contributed by atoms with Gasteiger partial charge in [0, 0.05) is 0 Å². The van der Waals surface area contributed by atoms with Crippen molar-refractivity contribution in [2.45, 2.75) is 32.1 Å². The van der Waals surface area contributed by atoms with Gasteiger partial charge in [-0.05, 0) is 61.8 Å². The Morgan fingerprint density at radius 2 is 1.82 bits per heavy atom. The van der Waals surface area contributed by atoms with Gasteiger partial charge < -0.3 is 5.73 Å². The molecule has 0 saturated heterocycles. The zero-order valence-electron chi connectivity index (χ0n) is 7.05. The quantitative estimate of drug-likeness (QED) is 0.639. The van der Waals surface area contributed by atoms with E-state index in [2.05, 4.69) is 0 Å². The van der Waals surface area contributed by atoms with E-state index in [0.29, 0.717) is 5.41 Å². The third-order valence-electron chi connectivity index (χ3n) is 4.26. The average molecular weight is 151 g/mol. The Labute approximate surface area is 68.3 Å². The molecule has 1 heteroatoms. The molecule has 0 radical (unpaired) electrons. The first-order valence-electron chi connectivity index (χ1n) is 5.04. The topological polar surface area (TPSA) is 26.0 Å². The van der Waals surface area contributed by atoms with Crippen molar-refractivity contribution in [3.05, 3.63) is 0 Å². The van der Waals surface area contributed by atoms with Gasteiger partial charge in [0.1, 0.15) is 0 Å². The zero-order valence-corrected chi connectivity index (χ0v) is 7.05. The lowest BCUT2D eigenvalue weighted by molar-refractivity contribution is 0.230. The van der Waals surface area contributed by atoms with Crippen LogP contribution in [0.15, 0.2) is 0 Å². The summed E-state index contributed by atoms with van der Waals surface area (Å²) in [4.78, 5) is 0. The van der Waals surface area contributed by atoms with Crippen LogP contribution in [-0.2, 0) is 0 Å². The first-order chi connectivity index (χ1) is 5.34. The summed E-state index contributed by atoms with van der Waals surface area (Å²) < 4.78 is 0. The summed E-state index contributed by atoms with van der Waals surface area (Å²) in [5.41, 5.74) is 6.54. The number of hydrogen-bond acceptors (Lipinski definition) is 1. The molecule has 2 N–H and O–H groups in total. The van der Waals surface area contributed by atoms with Gasteiger partial charge in [0.05, 0.1) is 0 Å². The Morgan fingerprint density at radius 1 is 1.18 bits per heavy atom. The molecule has 3 aliphatic carbocycles. The zero-order chi connectivity index (χ0) is 7.47. The first kappa shape index (κ1) is 6.47. The van der Waals surface area contributed by atoms with Crippen LogP contribution in [0.25, 0.3) is 0 Å². The number of rotatable bonds is 2. The smallest absolute Gasteiger partial charge is 0.00177 e. The minimum absolute atomic E-state index is 0.646. The van der Waals surface area contributed by atoms with Crippen molar-refractivity contribution in [2.24, 2.45) is 28.9 Å². The van der Waals surface area contributed by atoms with E-state index < -0.39 is 0 Å². The predicted octanol–water partition coefficient (Wildman–Crippen LogP) is 1.77. The average Bonchev–Trinajstić information content (AvgIpc) is 2.90. The Bertz CT molecular complexity index is 173. The van der Waals surface area contributed by atoms with E-state index in [1.807, 2.05) is 0 Å². The van der Waals surface area contributed by atoms with E-state index >= 15 is 0 Å². The van der Waals surface area contributed by atoms with Gasteiger partial charge in [0.15, 0.2) is 0 Å². The SMILES string of the molecule is NCC1(C2CC2)CC2CC2C1. The fourth-order valence-corrected chi connectivity index (χ4v) is 3.30. The second kappa shape index (κ2) is 1.82. The highest BCUT2D eigenvalue weighted by molar-refractivity contribution is 5.08. The van der Waals surface area contributed by atoms with Crippen LogP contribution in [0, 0.1) is 23.2 Å². The standard InChI is InChI=1S/C10H17N/c11-6-10(9-1-2-9)4-7-3-8(7)5-10/h7-9H,1-6,11H2. The van der Waals surface area contributed by atoms with Crippen LogP contribution >= 0.6 is 0 Å². The highest BCUT2D eigenvalue weighted by atomic mass is 14.7. The minimum Gasteiger partial charge on any atom is -0.330 e. The molecule has 0 bridgehead atoms. The molecule has 11 heavy (non-hydrogen) atoms. The first-order valence-corrected chi connectivity index (χ1v) is 5.04. The molecule has 0 aromatic carbocycles. The van der Waals surface area contributed by atoms with Gasteiger partial charge in [0.25, 0.3) is 0 Å². The molecule has 2 atom stereocenters. The van der Waals surface area contributed by atoms with Crippen molar-refractivity contribution in [1.29, 1.82) is 0 Å². The van der Waals surface area contributed by atoms with Gasteiger partial charge in [0.2, 0.25) is 0 Å². The van der Waals surface area contributed by atoms with Crippen molar-refractivity contribution in [1.82, 2.24) is 0 Å². The van der Waals surface area contributed by atoms with Crippen LogP contribution in [0.3, 0.4) is 0 Å². The number of nitrogens with two attached hydrogens (primary N) is 1. The minimum atomic E-state index is 0.646. The third kappa shape index (κ3) is 0.807. The highest BCUT2D eigenvalue weighted by Gasteiger charge is 2.58. The molecule has 0 heterocycles. The molecule has 62 valence electrons. The van der Waals surface area contributed by atoms with Crippen LogP contribution in [0.5, 0.6) is 0 Å². The molecule has 0 aromatic rings. The van der Waals surface area contributed by atoms with Gasteiger partial charge in [-0.15, -0.1) is 0 Å². The van der Waals surface area contributed by atoms with Crippen LogP contribution in [0.4, 0.5) is 0 Å². The van der Waals surface area contributed by atoms with E-state index in [1.165, 1.54) is 32.1 Å². The summed E-state index contributed by atoms with van der Waals surface area (Å²) in [6, 6.07) is 0. The lowest BCUT2D eigenvalue weighted by Gasteiger charge is -2.29. The van der Waals surface area contributed by atoms with Crippen LogP contribution in [0.1, 0.15) is 32.1 Å². The Balaban J connectivity index is 1.79. The van der Waals surface area contributed by atoms with E-state index in [-0.39, 0.29) is 0 Å². The molecule has 0 aromatic heterocycles. The van der Waals surface area contributed by atoms with Gasteiger partial charge in [-0.1, -0.05) is 0 Å². The van der Waals surface area contributed by atoms with Gasteiger partial charge in [-0.3, -0.25) is 0 Å². The Kier molecular flexibility index (Phi) is 1.07. The normalized spacial score (nSPS) is 54.3. The number of fused-ring (bicyclic) bond motifs is 1. The summed E-state index contributed by atoms with van der Waals surface area (Å²) in [6.07, 6.45) is 7.47. The lowest BCUT2D eigenvalue weighted by Crippen LogP contribution is -2.31. The van der Waals surface area contributed by atoms with Gasteiger partial charge in [-0.25, -0.2) is 0 Å². The van der Waals surface area contributed by atoms with Gasteiger partial charge in [-0.2, -0.15) is 0 Å². The van der Waals surface area contributed by atoms with Crippen LogP contribution < -0.4 is 5.73 Å². The highest BCUT2D eigenvalue weighted by Crippen LogP contribution is 2.66. The van der Waals surface area contributed by atoms with E-state index in [0.717, 1.165) is 24.3 Å². The van der Waals surface area contributed by atoms with E-state index in [1.54, 1.807) is 0 Å². The van der Waals surface area contributed by atoms with E-state index in [9.17, 15) is 0 Å². The van der Waals surface area contributed by atoms with Crippen molar-refractivity contribution < 1.29 is 0 Å². The molecule has 0 aliphatic heterocycles. The summed E-state index contributed by atoms with van der Waals surface area (Å²) in [7, 11) is 0. The lowest BCUT2D eigenvalue weighted by atomic mass is 9.78. The summed E-state index contributed by atoms with van der Waals surface area (Å²) in [5, 5.41) is 0. The van der Waals surface area contributed by atoms with Crippen molar-refractivity contribution in [3.8, 4) is 0 Å². The fraction of sp³-hybridized carbons (Fsp3) is 1.00. The number of hydrogen-bond donors (Lipinski definition) is 1. The largest absolute Gasteiger partial charge is 0.330 e. The van der Waals surface area contributed by atoms with Crippen molar-refractivity contribution in [3.63, 3.8) is 0 Å². The molecule has 3 fully saturated rings. The predicted molar refractivity (Wildman–Crippen MR) is 45.0 cm³/mol. The molecule has 1 nitrogen and oxygen atoms in total. The Morgan fingerprint density at radius 3 is 2.27 bits per heavy atom. The van der Waals surface area contributed by atoms with Crippen molar-refractivity contribution in [2.75, 3.05) is 6.54 Å². The second-order valence-electron chi connectivity index (χ2n) is 5.00. The maximum atomic E-state index is 5.89. The monoisotopic (exact) mass is 151 g/mol. The van der Waals surface area contributed by atoms with Crippen molar-refractivity contribution >= 4 is 0 Å². The summed E-state index contributed by atoms with van der Waals surface area (Å²) in [6.45, 7) is 0.977. The Hall–Kier alpha value is -0.0400. The second-order valence-corrected chi connectivity index (χ2v) is 5.00. The third-order valence-corrected chi connectivity index (χ3v) is 4.26. The molecular formula is C10H17N. The molecule has 2 unspecified atom stereocenters. The maximum Gasteiger partial charge on any atom is -0.00177 e. The van der Waals surface area contributed by atoms with Gasteiger partial charge >= 0.3 is 0 Å². The molecular weight excluding hydrogens is 134 g/mol. The molecule has 3 saturated carbocycles. The molecule has 3 aliphatic rings. The fourth-order valence-electron chi connectivity index (χ4n) is 3.30. The molecule has 0 amide bonds. The van der Waals surface area contributed by atoms with E-state index in [4.69, 9.17) is 5.73 Å². The van der Waals surface area contributed by atoms with Crippen LogP contribution in [0.2, 0.25) is 0 Å². The summed E-state index contributed by atoms with van der Waals surface area (Å²) in [5.74, 6) is 3.26. The summed E-state index contributed by atoms with van der Waals surface area (Å²) >= 11 is 0. The van der Waals surface area contributed by atoms with Crippen LogP contribution in [-0.4, -0.2) is 6.54 Å². The maximum absolute atomic E-state index is 5.89. The molecule has 0 spiro atoms. The molecule has 3 rings (SSSR count).